The summed E-state index contributed by atoms with van der Waals surface area (Å²) in [6.45, 7) is 4.38. The van der Waals surface area contributed by atoms with Crippen molar-refractivity contribution < 1.29 is 19.0 Å². The van der Waals surface area contributed by atoms with Crippen molar-refractivity contribution in [3.63, 3.8) is 0 Å². The van der Waals surface area contributed by atoms with Gasteiger partial charge in [-0.2, -0.15) is 0 Å². The number of aryl methyl sites for hydroxylation is 1. The molecular formula is C21H29N5O6S. The van der Waals surface area contributed by atoms with Crippen molar-refractivity contribution in [3.8, 4) is 0 Å². The molecule has 1 amide bonds. The maximum atomic E-state index is 13.5. The van der Waals surface area contributed by atoms with E-state index in [0.29, 0.717) is 61.8 Å². The average Bonchev–Trinajstić information content (AvgIpc) is 3.33. The maximum absolute atomic E-state index is 13.5. The molecule has 0 atom stereocenters. The molecule has 0 aromatic carbocycles. The zero-order chi connectivity index (χ0) is 23.7. The molecule has 1 saturated carbocycles. The molecule has 1 N–H and O–H groups in total. The summed E-state index contributed by atoms with van der Waals surface area (Å²) in [6.07, 6.45) is 0.677. The van der Waals surface area contributed by atoms with Crippen LogP contribution in [0.5, 0.6) is 0 Å². The number of aromatic nitrogens is 2. The van der Waals surface area contributed by atoms with Gasteiger partial charge in [-0.1, -0.05) is 0 Å². The fraction of sp³-hybridized carbons (Fsp3) is 0.619. The number of ether oxygens (including phenoxy) is 3. The van der Waals surface area contributed by atoms with Crippen LogP contribution in [0.15, 0.2) is 14.6 Å². The summed E-state index contributed by atoms with van der Waals surface area (Å²) in [7, 11) is 4.51. The molecule has 0 spiro atoms. The summed E-state index contributed by atoms with van der Waals surface area (Å²) >= 11 is 1.42. The molecule has 0 unspecified atom stereocenters. The lowest BCUT2D eigenvalue weighted by atomic mass is 9.89. The summed E-state index contributed by atoms with van der Waals surface area (Å²) in [6, 6.07) is -0.169. The van der Waals surface area contributed by atoms with Crippen LogP contribution in [0.2, 0.25) is 0 Å². The molecule has 2 aromatic rings. The Bertz CT molecular complexity index is 1190. The minimum Gasteiger partial charge on any atom is -0.451 e. The number of nitrogens with one attached hydrogen (secondary N) is 1. The van der Waals surface area contributed by atoms with Gasteiger partial charge in [0.05, 0.1) is 38.3 Å². The topological polar surface area (TPSA) is 116 Å². The van der Waals surface area contributed by atoms with E-state index in [0.717, 1.165) is 10.4 Å². The number of fused-ring (bicyclic) bond motifs is 1. The highest BCUT2D eigenvalue weighted by Gasteiger charge is 2.34. The Kier molecular flexibility index (Phi) is 6.86. The standard InChI is InChI=1S/C21H29N5O6S/c1-12-15(11-24-6-5-22-19(24)23-20(28)32-4)33-18-16(12)17(27)26(13-9-14(10-13)31-3)21(29)25(18)7-8-30-2/h13-14H,5-11H2,1-4H3,(H,22,23,28)/t13-,14+. The largest absolute Gasteiger partial charge is 0.451 e. The lowest BCUT2D eigenvalue weighted by molar-refractivity contribution is 0.00357. The third kappa shape index (κ3) is 4.30. The Hall–Kier alpha value is -2.70. The van der Waals surface area contributed by atoms with Crippen molar-refractivity contribution in [2.24, 2.45) is 4.99 Å². The normalized spacial score (nSPS) is 21.5. The number of carbonyl (C=O) groups excluding carboxylic acids is 1. The molecule has 2 fully saturated rings. The van der Waals surface area contributed by atoms with Gasteiger partial charge in [-0.05, 0) is 25.3 Å². The molecule has 0 radical (unpaired) electrons. The van der Waals surface area contributed by atoms with Crippen molar-refractivity contribution in [3.05, 3.63) is 31.3 Å². The van der Waals surface area contributed by atoms with E-state index in [2.05, 4.69) is 15.0 Å². The Morgan fingerprint density at radius 3 is 2.67 bits per heavy atom. The number of hydrogen-bond donors (Lipinski definition) is 1. The van der Waals surface area contributed by atoms with Crippen LogP contribution in [-0.2, 0) is 27.3 Å². The van der Waals surface area contributed by atoms with Gasteiger partial charge >= 0.3 is 11.8 Å². The van der Waals surface area contributed by atoms with Crippen LogP contribution in [0.1, 0.15) is 29.3 Å². The second-order valence-corrected chi connectivity index (χ2v) is 9.25. The fourth-order valence-corrected chi connectivity index (χ4v) is 5.63. The predicted octanol–water partition coefficient (Wildman–Crippen LogP) is 1.06. The number of guanidine groups is 1. The quantitative estimate of drug-likeness (QED) is 0.627. The molecule has 4 rings (SSSR count). The van der Waals surface area contributed by atoms with E-state index in [1.165, 1.54) is 23.0 Å². The van der Waals surface area contributed by atoms with Gasteiger partial charge in [0.15, 0.2) is 0 Å². The zero-order valence-electron chi connectivity index (χ0n) is 19.3. The lowest BCUT2D eigenvalue weighted by Gasteiger charge is -2.35. The highest BCUT2D eigenvalue weighted by Crippen LogP contribution is 2.34. The number of rotatable bonds is 7. The molecule has 1 aliphatic carbocycles. The number of thiophene rings is 1. The minimum atomic E-state index is -0.677. The Morgan fingerprint density at radius 2 is 2.00 bits per heavy atom. The van der Waals surface area contributed by atoms with Crippen molar-refractivity contribution in [2.45, 2.75) is 45.0 Å². The van der Waals surface area contributed by atoms with E-state index in [9.17, 15) is 14.4 Å². The van der Waals surface area contributed by atoms with Gasteiger partial charge in [0.25, 0.3) is 5.56 Å². The number of carbonyl (C=O) groups is 1. The first-order valence-electron chi connectivity index (χ1n) is 10.8. The SMILES string of the molecule is COCCn1c(=O)n([C@H]2C[C@@H](OC)C2)c(=O)c2c(C)c(CN3CCN/C3=N\C(=O)OC)sc21. The first-order valence-corrected chi connectivity index (χ1v) is 11.7. The highest BCUT2D eigenvalue weighted by atomic mass is 32.1. The van der Waals surface area contributed by atoms with Crippen LogP contribution < -0.4 is 16.6 Å². The Morgan fingerprint density at radius 1 is 1.24 bits per heavy atom. The van der Waals surface area contributed by atoms with E-state index in [-0.39, 0.29) is 23.4 Å². The van der Waals surface area contributed by atoms with Crippen molar-refractivity contribution in [2.75, 3.05) is 41.0 Å². The van der Waals surface area contributed by atoms with Gasteiger partial charge in [0.2, 0.25) is 5.96 Å². The summed E-state index contributed by atoms with van der Waals surface area (Å²) in [5.41, 5.74) is 0.269. The number of nitrogens with zero attached hydrogens (tertiary/aromatic N) is 4. The second kappa shape index (κ2) is 9.65. The highest BCUT2D eigenvalue weighted by molar-refractivity contribution is 7.18. The van der Waals surface area contributed by atoms with E-state index in [1.54, 1.807) is 18.8 Å². The molecule has 2 aliphatic rings. The molecule has 1 saturated heterocycles. The number of methoxy groups -OCH3 is 3. The van der Waals surface area contributed by atoms with Crippen LogP contribution in [0.4, 0.5) is 4.79 Å². The summed E-state index contributed by atoms with van der Waals surface area (Å²) in [5.74, 6) is 0.438. The van der Waals surface area contributed by atoms with Gasteiger partial charge < -0.3 is 24.4 Å². The van der Waals surface area contributed by atoms with Gasteiger partial charge in [-0.25, -0.2) is 9.59 Å². The molecule has 2 aromatic heterocycles. The molecule has 12 heteroatoms. The summed E-state index contributed by atoms with van der Waals surface area (Å²) in [5, 5.41) is 3.64. The summed E-state index contributed by atoms with van der Waals surface area (Å²) in [4.78, 5) is 45.9. The van der Waals surface area contributed by atoms with Gasteiger partial charge in [0.1, 0.15) is 4.83 Å². The Balaban J connectivity index is 1.77. The average molecular weight is 480 g/mol. The van der Waals surface area contributed by atoms with Crippen LogP contribution in [-0.4, -0.2) is 73.2 Å². The molecule has 33 heavy (non-hydrogen) atoms. The molecule has 0 bridgehead atoms. The second-order valence-electron chi connectivity index (χ2n) is 8.17. The monoisotopic (exact) mass is 479 g/mol. The first kappa shape index (κ1) is 23.5. The zero-order valence-corrected chi connectivity index (χ0v) is 20.1. The number of hydrogen-bond acceptors (Lipinski definition) is 7. The maximum Gasteiger partial charge on any atom is 0.436 e. The van der Waals surface area contributed by atoms with E-state index in [4.69, 9.17) is 9.47 Å². The van der Waals surface area contributed by atoms with E-state index < -0.39 is 6.09 Å². The van der Waals surface area contributed by atoms with Crippen molar-refractivity contribution in [1.82, 2.24) is 19.4 Å². The van der Waals surface area contributed by atoms with Crippen LogP contribution >= 0.6 is 11.3 Å². The number of amides is 1. The smallest absolute Gasteiger partial charge is 0.436 e. The van der Waals surface area contributed by atoms with Crippen LogP contribution in [0.25, 0.3) is 10.2 Å². The molecular weight excluding hydrogens is 450 g/mol. The van der Waals surface area contributed by atoms with Gasteiger partial charge in [-0.3, -0.25) is 13.9 Å². The van der Waals surface area contributed by atoms with Crippen LogP contribution in [0.3, 0.4) is 0 Å². The molecule has 1 aliphatic heterocycles. The van der Waals surface area contributed by atoms with Crippen molar-refractivity contribution >= 4 is 33.6 Å². The molecule has 11 nitrogen and oxygen atoms in total. The third-order valence-electron chi connectivity index (χ3n) is 6.30. The third-order valence-corrected chi connectivity index (χ3v) is 7.60. The fourth-order valence-electron chi connectivity index (χ4n) is 4.29. The summed E-state index contributed by atoms with van der Waals surface area (Å²) < 4.78 is 18.2. The molecule has 3 heterocycles. The van der Waals surface area contributed by atoms with E-state index in [1.807, 2.05) is 11.8 Å². The van der Waals surface area contributed by atoms with E-state index >= 15 is 0 Å². The van der Waals surface area contributed by atoms with Crippen LogP contribution in [0, 0.1) is 6.92 Å². The molecule has 180 valence electrons. The van der Waals surface area contributed by atoms with Gasteiger partial charge in [-0.15, -0.1) is 16.3 Å². The number of aliphatic imine (C=N–C) groups is 1. The van der Waals surface area contributed by atoms with Crippen molar-refractivity contribution in [1.29, 1.82) is 0 Å². The minimum absolute atomic E-state index is 0.0683. The lowest BCUT2D eigenvalue weighted by Crippen LogP contribution is -2.47. The first-order chi connectivity index (χ1) is 15.9. The van der Waals surface area contributed by atoms with Gasteiger partial charge in [0, 0.05) is 38.2 Å². The Labute approximate surface area is 194 Å². The predicted molar refractivity (Wildman–Crippen MR) is 124 cm³/mol.